The van der Waals surface area contributed by atoms with Crippen molar-refractivity contribution in [2.75, 3.05) is 11.9 Å². The first-order valence-electron chi connectivity index (χ1n) is 9.82. The maximum absolute atomic E-state index is 13.4. The van der Waals surface area contributed by atoms with E-state index in [9.17, 15) is 36.6 Å². The van der Waals surface area contributed by atoms with Gasteiger partial charge in [0.25, 0.3) is 5.91 Å². The molecular formula is C22H21ClF3NO5S. The second-order valence-electron chi connectivity index (χ2n) is 8.05. The van der Waals surface area contributed by atoms with Gasteiger partial charge >= 0.3 is 0 Å². The molecule has 3 rings (SSSR count). The Kier molecular flexibility index (Phi) is 6.95. The molecule has 1 amide bonds. The lowest BCUT2D eigenvalue weighted by Crippen LogP contribution is -2.49. The molecule has 1 aliphatic rings. The van der Waals surface area contributed by atoms with Crippen molar-refractivity contribution in [3.63, 3.8) is 0 Å². The van der Waals surface area contributed by atoms with Crippen LogP contribution >= 0.6 is 11.6 Å². The molecule has 3 atom stereocenters. The summed E-state index contributed by atoms with van der Waals surface area (Å²) in [6.45, 7) is 4.72. The minimum Gasteiger partial charge on any atom is -0.393 e. The van der Waals surface area contributed by atoms with E-state index in [4.69, 9.17) is 11.6 Å². The average molecular weight is 504 g/mol. The Labute approximate surface area is 193 Å². The third-order valence-electron chi connectivity index (χ3n) is 5.94. The van der Waals surface area contributed by atoms with E-state index in [0.29, 0.717) is 12.1 Å². The molecular weight excluding hydrogens is 483 g/mol. The highest BCUT2D eigenvalue weighted by Gasteiger charge is 2.46. The Balaban J connectivity index is 1.91. The van der Waals surface area contributed by atoms with Crippen LogP contribution in [0.5, 0.6) is 0 Å². The molecule has 1 fully saturated rings. The molecule has 0 radical (unpaired) electrons. The third-order valence-corrected chi connectivity index (χ3v) is 8.57. The summed E-state index contributed by atoms with van der Waals surface area (Å²) in [5.74, 6) is -6.20. The van der Waals surface area contributed by atoms with Gasteiger partial charge in [0.05, 0.1) is 21.8 Å². The Morgan fingerprint density at radius 1 is 1.24 bits per heavy atom. The van der Waals surface area contributed by atoms with Crippen LogP contribution in [0.4, 0.5) is 18.9 Å². The zero-order valence-corrected chi connectivity index (χ0v) is 19.0. The van der Waals surface area contributed by atoms with Gasteiger partial charge in [-0.1, -0.05) is 25.1 Å². The van der Waals surface area contributed by atoms with Crippen LogP contribution in [0.3, 0.4) is 0 Å². The fraction of sp³-hybridized carbons (Fsp3) is 0.318. The highest BCUT2D eigenvalue weighted by Crippen LogP contribution is 2.42. The predicted octanol–water partition coefficient (Wildman–Crippen LogP) is 3.86. The summed E-state index contributed by atoms with van der Waals surface area (Å²) in [6.07, 6.45) is -0.107. The molecule has 0 heterocycles. The van der Waals surface area contributed by atoms with Gasteiger partial charge < -0.3 is 15.5 Å². The normalized spacial score (nSPS) is 23.4. The maximum Gasteiger partial charge on any atom is 0.255 e. The van der Waals surface area contributed by atoms with Gasteiger partial charge in [-0.3, -0.25) is 4.79 Å². The van der Waals surface area contributed by atoms with Crippen LogP contribution in [-0.4, -0.2) is 42.0 Å². The van der Waals surface area contributed by atoms with Crippen molar-refractivity contribution in [3.05, 3.63) is 70.5 Å². The molecule has 1 unspecified atom stereocenters. The number of hydrogen-bond donors (Lipinski definition) is 3. The van der Waals surface area contributed by atoms with E-state index < -0.39 is 56.6 Å². The van der Waals surface area contributed by atoms with Crippen molar-refractivity contribution in [3.8, 4) is 0 Å². The Hall–Kier alpha value is -2.40. The van der Waals surface area contributed by atoms with Crippen LogP contribution in [0.2, 0.25) is 5.02 Å². The number of rotatable bonds is 5. The summed E-state index contributed by atoms with van der Waals surface area (Å²) < 4.78 is 66.6. The summed E-state index contributed by atoms with van der Waals surface area (Å²) in [4.78, 5) is 12.2. The van der Waals surface area contributed by atoms with Crippen LogP contribution in [0, 0.1) is 23.4 Å². The number of hydrogen-bond acceptors (Lipinski definition) is 5. The van der Waals surface area contributed by atoms with Crippen molar-refractivity contribution < 1.29 is 36.6 Å². The summed E-state index contributed by atoms with van der Waals surface area (Å²) in [5.41, 5.74) is -1.96. The van der Waals surface area contributed by atoms with Gasteiger partial charge in [-0.25, -0.2) is 21.6 Å². The fourth-order valence-corrected chi connectivity index (χ4v) is 6.24. The Morgan fingerprint density at radius 2 is 1.85 bits per heavy atom. The summed E-state index contributed by atoms with van der Waals surface area (Å²) in [5, 5.41) is 21.1. The lowest BCUT2D eigenvalue weighted by atomic mass is 9.74. The van der Waals surface area contributed by atoms with Crippen molar-refractivity contribution in [1.29, 1.82) is 0 Å². The fourth-order valence-electron chi connectivity index (χ4n) is 3.85. The van der Waals surface area contributed by atoms with Gasteiger partial charge in [0.2, 0.25) is 0 Å². The number of aliphatic hydroxyl groups excluding tert-OH is 1. The summed E-state index contributed by atoms with van der Waals surface area (Å²) in [7, 11) is -4.10. The number of aliphatic hydroxyl groups is 2. The lowest BCUT2D eigenvalue weighted by Gasteiger charge is -2.41. The molecule has 178 valence electrons. The first kappa shape index (κ1) is 25.2. The topological polar surface area (TPSA) is 104 Å². The van der Waals surface area contributed by atoms with Crippen LogP contribution in [-0.2, 0) is 9.84 Å². The first-order valence-corrected chi connectivity index (χ1v) is 11.7. The van der Waals surface area contributed by atoms with E-state index in [1.165, 1.54) is 12.1 Å². The number of benzene rings is 2. The SMILES string of the molecule is C=C1C[C@@H](S(=O)(=O)c2cc(C(=O)Nc3cc(F)c(F)c(F)c3)ccc2Cl)CC(C)[C@@]1(O)CO. The summed E-state index contributed by atoms with van der Waals surface area (Å²) >= 11 is 6.12. The van der Waals surface area contributed by atoms with Gasteiger partial charge in [0.15, 0.2) is 27.3 Å². The predicted molar refractivity (Wildman–Crippen MR) is 116 cm³/mol. The Bertz CT molecular complexity index is 1210. The maximum atomic E-state index is 13.4. The minimum absolute atomic E-state index is 0.0132. The van der Waals surface area contributed by atoms with E-state index in [0.717, 1.165) is 6.07 Å². The number of anilines is 1. The van der Waals surface area contributed by atoms with Crippen molar-refractivity contribution in [1.82, 2.24) is 0 Å². The van der Waals surface area contributed by atoms with Crippen LogP contribution in [0.25, 0.3) is 0 Å². The highest BCUT2D eigenvalue weighted by molar-refractivity contribution is 7.92. The van der Waals surface area contributed by atoms with Gasteiger partial charge in [0.1, 0.15) is 5.60 Å². The first-order chi connectivity index (χ1) is 15.3. The quantitative estimate of drug-likeness (QED) is 0.424. The van der Waals surface area contributed by atoms with Crippen LogP contribution in [0.1, 0.15) is 30.1 Å². The molecule has 0 aliphatic heterocycles. The van der Waals surface area contributed by atoms with Crippen molar-refractivity contribution >= 4 is 33.0 Å². The molecule has 2 aromatic carbocycles. The van der Waals surface area contributed by atoms with Crippen LogP contribution in [0.15, 0.2) is 47.4 Å². The molecule has 1 saturated carbocycles. The molecule has 0 saturated heterocycles. The average Bonchev–Trinajstić information content (AvgIpc) is 2.75. The van der Waals surface area contributed by atoms with E-state index >= 15 is 0 Å². The second-order valence-corrected chi connectivity index (χ2v) is 10.7. The molecule has 0 bridgehead atoms. The van der Waals surface area contributed by atoms with E-state index in [1.54, 1.807) is 6.92 Å². The molecule has 0 spiro atoms. The third kappa shape index (κ3) is 4.65. The second kappa shape index (κ2) is 9.09. The zero-order valence-electron chi connectivity index (χ0n) is 17.4. The standard InChI is InChI=1S/C22H21ClF3NO5S/c1-11-5-15(6-12(2)22(11,30)10-28)33(31,32)19-7-13(3-4-16(19)23)21(29)27-14-8-17(24)20(26)18(25)9-14/h3-4,7-9,12,15,28,30H,1,5-6,10H2,2H3,(H,27,29)/t12?,15-,22-/m1/s1. The van der Waals surface area contributed by atoms with Gasteiger partial charge in [-0.2, -0.15) is 0 Å². The highest BCUT2D eigenvalue weighted by atomic mass is 35.5. The van der Waals surface area contributed by atoms with Crippen LogP contribution < -0.4 is 5.32 Å². The van der Waals surface area contributed by atoms with Crippen molar-refractivity contribution in [2.24, 2.45) is 5.92 Å². The Morgan fingerprint density at radius 3 is 2.39 bits per heavy atom. The van der Waals surface area contributed by atoms with Gasteiger partial charge in [-0.15, -0.1) is 0 Å². The monoisotopic (exact) mass is 503 g/mol. The molecule has 3 N–H and O–H groups in total. The van der Waals surface area contributed by atoms with E-state index in [1.807, 2.05) is 0 Å². The van der Waals surface area contributed by atoms with Gasteiger partial charge in [-0.05, 0) is 42.5 Å². The smallest absolute Gasteiger partial charge is 0.255 e. The largest absolute Gasteiger partial charge is 0.393 e. The molecule has 33 heavy (non-hydrogen) atoms. The molecule has 6 nitrogen and oxygen atoms in total. The molecule has 2 aromatic rings. The minimum atomic E-state index is -4.10. The van der Waals surface area contributed by atoms with E-state index in [2.05, 4.69) is 11.9 Å². The molecule has 11 heteroatoms. The summed E-state index contributed by atoms with van der Waals surface area (Å²) in [6, 6.07) is 4.62. The number of amides is 1. The number of sulfone groups is 1. The number of carbonyl (C=O) groups is 1. The zero-order chi connectivity index (χ0) is 24.7. The number of halogens is 4. The van der Waals surface area contributed by atoms with Gasteiger partial charge in [0, 0.05) is 23.4 Å². The van der Waals surface area contributed by atoms with Crippen molar-refractivity contribution in [2.45, 2.75) is 35.5 Å². The molecule has 0 aromatic heterocycles. The number of carbonyl (C=O) groups excluding carboxylic acids is 1. The molecule has 1 aliphatic carbocycles. The lowest BCUT2D eigenvalue weighted by molar-refractivity contribution is -0.0394. The van der Waals surface area contributed by atoms with E-state index in [-0.39, 0.29) is 39.6 Å². The number of nitrogens with one attached hydrogen (secondary N) is 1.